The fraction of sp³-hybridized carbons (Fsp3) is 0.588. The van der Waals surface area contributed by atoms with Gasteiger partial charge in [-0.3, -0.25) is 9.20 Å². The van der Waals surface area contributed by atoms with E-state index in [4.69, 9.17) is 0 Å². The van der Waals surface area contributed by atoms with E-state index in [1.165, 1.54) is 10.6 Å². The van der Waals surface area contributed by atoms with Crippen molar-refractivity contribution in [1.82, 2.24) is 24.0 Å². The number of aromatic nitrogens is 3. The number of fused-ring (bicyclic) bond motifs is 1. The number of anilines is 1. The molecule has 9 nitrogen and oxygen atoms in total. The van der Waals surface area contributed by atoms with Gasteiger partial charge in [0.15, 0.2) is 0 Å². The lowest BCUT2D eigenvalue weighted by Crippen LogP contribution is -2.48. The molecule has 1 N–H and O–H groups in total. The topological polar surface area (TPSA) is 99.9 Å². The summed E-state index contributed by atoms with van der Waals surface area (Å²) in [5.74, 6) is 1.23. The van der Waals surface area contributed by atoms with E-state index in [1.807, 2.05) is 0 Å². The second-order valence-electron chi connectivity index (χ2n) is 7.23. The molecule has 1 amide bonds. The highest BCUT2D eigenvalue weighted by molar-refractivity contribution is 7.88. The molecule has 0 aromatic carbocycles. The molecule has 0 unspecified atom stereocenters. The van der Waals surface area contributed by atoms with Crippen LogP contribution in [0.1, 0.15) is 36.0 Å². The predicted molar refractivity (Wildman–Crippen MR) is 101 cm³/mol. The highest BCUT2D eigenvalue weighted by Gasteiger charge is 2.25. The third-order valence-corrected chi connectivity index (χ3v) is 6.63. The van der Waals surface area contributed by atoms with E-state index < -0.39 is 10.0 Å². The normalized spacial score (nSPS) is 19.7. The average Bonchev–Trinajstić information content (AvgIpc) is 3.30. The minimum Gasteiger partial charge on any atom is -0.354 e. The van der Waals surface area contributed by atoms with Gasteiger partial charge in [-0.1, -0.05) is 12.8 Å². The van der Waals surface area contributed by atoms with Crippen molar-refractivity contribution in [2.75, 3.05) is 37.3 Å². The van der Waals surface area contributed by atoms with Crippen molar-refractivity contribution in [2.45, 2.75) is 31.7 Å². The number of amides is 1. The van der Waals surface area contributed by atoms with Gasteiger partial charge in [-0.05, 0) is 12.8 Å². The molecule has 3 heterocycles. The van der Waals surface area contributed by atoms with Crippen molar-refractivity contribution >= 4 is 27.5 Å². The molecular weight excluding hydrogens is 368 g/mol. The van der Waals surface area contributed by atoms with Crippen LogP contribution < -0.4 is 10.2 Å². The van der Waals surface area contributed by atoms with Crippen LogP contribution in [0.3, 0.4) is 0 Å². The van der Waals surface area contributed by atoms with E-state index in [0.717, 1.165) is 31.5 Å². The highest BCUT2D eigenvalue weighted by Crippen LogP contribution is 2.20. The zero-order chi connectivity index (χ0) is 19.0. The molecule has 1 aliphatic heterocycles. The van der Waals surface area contributed by atoms with E-state index >= 15 is 0 Å². The summed E-state index contributed by atoms with van der Waals surface area (Å²) in [7, 11) is -3.17. The molecule has 1 saturated carbocycles. The second-order valence-corrected chi connectivity index (χ2v) is 9.22. The Labute approximate surface area is 158 Å². The van der Waals surface area contributed by atoms with Gasteiger partial charge in [-0.25, -0.2) is 18.4 Å². The zero-order valence-corrected chi connectivity index (χ0v) is 16.2. The molecule has 0 bridgehead atoms. The van der Waals surface area contributed by atoms with Crippen LogP contribution in [-0.2, 0) is 10.0 Å². The summed E-state index contributed by atoms with van der Waals surface area (Å²) in [6.07, 6.45) is 10.6. The summed E-state index contributed by atoms with van der Waals surface area (Å²) in [5, 5.41) is 3.07. The van der Waals surface area contributed by atoms with Crippen molar-refractivity contribution in [3.8, 4) is 0 Å². The third-order valence-electron chi connectivity index (χ3n) is 5.33. The van der Waals surface area contributed by atoms with E-state index in [-0.39, 0.29) is 11.9 Å². The fourth-order valence-electron chi connectivity index (χ4n) is 3.80. The van der Waals surface area contributed by atoms with Crippen molar-refractivity contribution in [2.24, 2.45) is 0 Å². The molecular formula is C17H24N6O3S. The lowest BCUT2D eigenvalue weighted by atomic mass is 10.2. The number of piperazine rings is 1. The Hall–Kier alpha value is -2.20. The van der Waals surface area contributed by atoms with E-state index in [9.17, 15) is 13.2 Å². The maximum Gasteiger partial charge on any atom is 0.254 e. The number of carbonyl (C=O) groups excluding carboxylic acids is 1. The number of rotatable bonds is 4. The third kappa shape index (κ3) is 3.77. The highest BCUT2D eigenvalue weighted by atomic mass is 32.2. The van der Waals surface area contributed by atoms with E-state index in [2.05, 4.69) is 20.2 Å². The quantitative estimate of drug-likeness (QED) is 0.813. The Morgan fingerprint density at radius 1 is 1.11 bits per heavy atom. The fourth-order valence-corrected chi connectivity index (χ4v) is 4.63. The standard InChI is InChI=1S/C17H24N6O3S/c1-27(25,26)22-8-6-21(7-9-22)15-11-19-17-18-10-13(12-23(15)17)16(24)20-14-4-2-3-5-14/h10-12,14H,2-9H2,1H3,(H,20,24). The maximum absolute atomic E-state index is 12.5. The van der Waals surface area contributed by atoms with Crippen LogP contribution >= 0.6 is 0 Å². The van der Waals surface area contributed by atoms with Crippen LogP contribution in [0.25, 0.3) is 5.78 Å². The van der Waals surface area contributed by atoms with Gasteiger partial charge in [0.05, 0.1) is 18.0 Å². The van der Waals surface area contributed by atoms with Gasteiger partial charge in [-0.2, -0.15) is 4.31 Å². The second kappa shape index (κ2) is 7.08. The molecule has 0 spiro atoms. The average molecular weight is 392 g/mol. The Morgan fingerprint density at radius 3 is 2.44 bits per heavy atom. The molecule has 0 atom stereocenters. The van der Waals surface area contributed by atoms with Crippen LogP contribution in [0.5, 0.6) is 0 Å². The van der Waals surface area contributed by atoms with Crippen LogP contribution in [0.15, 0.2) is 18.6 Å². The van der Waals surface area contributed by atoms with Gasteiger partial charge in [0.2, 0.25) is 15.8 Å². The molecule has 2 aromatic rings. The summed E-state index contributed by atoms with van der Waals surface area (Å²) in [6, 6.07) is 0.250. The van der Waals surface area contributed by atoms with Crippen LogP contribution in [0, 0.1) is 0 Å². The molecule has 1 aliphatic carbocycles. The summed E-state index contributed by atoms with van der Waals surface area (Å²) in [4.78, 5) is 23.2. The van der Waals surface area contributed by atoms with Gasteiger partial charge >= 0.3 is 0 Å². The first-order valence-electron chi connectivity index (χ1n) is 9.26. The molecule has 4 rings (SSSR count). The first kappa shape index (κ1) is 18.2. The first-order valence-corrected chi connectivity index (χ1v) is 11.1. The molecule has 0 radical (unpaired) electrons. The van der Waals surface area contributed by atoms with Crippen molar-refractivity contribution in [3.05, 3.63) is 24.2 Å². The van der Waals surface area contributed by atoms with Crippen molar-refractivity contribution in [1.29, 1.82) is 0 Å². The molecule has 2 aromatic heterocycles. The monoisotopic (exact) mass is 392 g/mol. The maximum atomic E-state index is 12.5. The largest absolute Gasteiger partial charge is 0.354 e. The number of imidazole rings is 1. The smallest absolute Gasteiger partial charge is 0.254 e. The van der Waals surface area contributed by atoms with Crippen LogP contribution in [-0.4, -0.2) is 71.5 Å². The van der Waals surface area contributed by atoms with E-state index in [1.54, 1.807) is 23.0 Å². The van der Waals surface area contributed by atoms with Gasteiger partial charge in [0.25, 0.3) is 5.91 Å². The number of nitrogens with one attached hydrogen (secondary N) is 1. The minimum absolute atomic E-state index is 0.113. The summed E-state index contributed by atoms with van der Waals surface area (Å²) < 4.78 is 26.7. The van der Waals surface area contributed by atoms with Crippen LogP contribution in [0.2, 0.25) is 0 Å². The SMILES string of the molecule is CS(=O)(=O)N1CCN(c2cnc3ncc(C(=O)NC4CCCC4)cn23)CC1. The Morgan fingerprint density at radius 2 is 1.78 bits per heavy atom. The lowest BCUT2D eigenvalue weighted by Gasteiger charge is -2.34. The summed E-state index contributed by atoms with van der Waals surface area (Å²) in [6.45, 7) is 2.00. The molecule has 2 aliphatic rings. The number of hydrogen-bond donors (Lipinski definition) is 1. The van der Waals surface area contributed by atoms with Crippen molar-refractivity contribution < 1.29 is 13.2 Å². The number of carbonyl (C=O) groups is 1. The number of nitrogens with zero attached hydrogens (tertiary/aromatic N) is 5. The van der Waals surface area contributed by atoms with Crippen molar-refractivity contribution in [3.63, 3.8) is 0 Å². The number of sulfonamides is 1. The Bertz CT molecular complexity index is 943. The van der Waals surface area contributed by atoms with Gasteiger partial charge in [0.1, 0.15) is 5.82 Å². The molecule has 27 heavy (non-hydrogen) atoms. The minimum atomic E-state index is -3.17. The molecule has 10 heteroatoms. The summed E-state index contributed by atoms with van der Waals surface area (Å²) in [5.41, 5.74) is 0.503. The summed E-state index contributed by atoms with van der Waals surface area (Å²) >= 11 is 0. The van der Waals surface area contributed by atoms with E-state index in [0.29, 0.717) is 37.5 Å². The lowest BCUT2D eigenvalue weighted by molar-refractivity contribution is 0.0937. The number of hydrogen-bond acceptors (Lipinski definition) is 6. The van der Waals surface area contributed by atoms with Gasteiger partial charge < -0.3 is 10.2 Å². The van der Waals surface area contributed by atoms with Gasteiger partial charge in [-0.15, -0.1) is 0 Å². The molecule has 146 valence electrons. The predicted octanol–water partition coefficient (Wildman–Crippen LogP) is 0.483. The molecule has 1 saturated heterocycles. The van der Waals surface area contributed by atoms with Gasteiger partial charge in [0, 0.05) is 44.6 Å². The Kier molecular flexibility index (Phi) is 4.77. The first-order chi connectivity index (χ1) is 12.9. The van der Waals surface area contributed by atoms with Crippen LogP contribution in [0.4, 0.5) is 5.82 Å². The Balaban J connectivity index is 1.53. The molecule has 2 fully saturated rings. The zero-order valence-electron chi connectivity index (χ0n) is 15.3.